The summed E-state index contributed by atoms with van der Waals surface area (Å²) >= 11 is 0. The number of hydrogen-bond acceptors (Lipinski definition) is 4. The molecule has 3 rings (SSSR count). The summed E-state index contributed by atoms with van der Waals surface area (Å²) in [5.74, 6) is -0.180. The van der Waals surface area contributed by atoms with E-state index in [0.29, 0.717) is 5.69 Å². The Balaban J connectivity index is 1.65. The van der Waals surface area contributed by atoms with E-state index >= 15 is 0 Å². The highest BCUT2D eigenvalue weighted by atomic mass is 32.2. The molecule has 1 N–H and O–H groups in total. The van der Waals surface area contributed by atoms with Crippen LogP contribution < -0.4 is 10.2 Å². The van der Waals surface area contributed by atoms with E-state index in [1.54, 1.807) is 19.2 Å². The minimum absolute atomic E-state index is 0.139. The van der Waals surface area contributed by atoms with Gasteiger partial charge in [-0.2, -0.15) is 4.31 Å². The van der Waals surface area contributed by atoms with Crippen LogP contribution >= 0.6 is 0 Å². The molecule has 30 heavy (non-hydrogen) atoms. The maximum Gasteiger partial charge on any atom is 0.243 e. The van der Waals surface area contributed by atoms with Gasteiger partial charge in [-0.25, -0.2) is 8.42 Å². The molecule has 3 aromatic carbocycles. The number of sulfonamides is 1. The van der Waals surface area contributed by atoms with Gasteiger partial charge in [-0.15, -0.1) is 0 Å². The van der Waals surface area contributed by atoms with Crippen LogP contribution in [-0.4, -0.2) is 45.3 Å². The third-order valence-electron chi connectivity index (χ3n) is 5.10. The van der Waals surface area contributed by atoms with Crippen LogP contribution in [0.3, 0.4) is 0 Å². The largest absolute Gasteiger partial charge is 0.365 e. The summed E-state index contributed by atoms with van der Waals surface area (Å²) in [5, 5.41) is 5.09. The van der Waals surface area contributed by atoms with Crippen LogP contribution in [0, 0.1) is 0 Å². The van der Waals surface area contributed by atoms with Crippen LogP contribution in [0.15, 0.2) is 71.6 Å². The summed E-state index contributed by atoms with van der Waals surface area (Å²) < 4.78 is 26.4. The number of nitrogens with zero attached hydrogens (tertiary/aromatic N) is 2. The van der Waals surface area contributed by atoms with Crippen molar-refractivity contribution in [3.05, 3.63) is 66.7 Å². The van der Waals surface area contributed by atoms with E-state index in [4.69, 9.17) is 0 Å². The molecule has 0 aromatic heterocycles. The van der Waals surface area contributed by atoms with E-state index in [0.717, 1.165) is 16.5 Å². The van der Waals surface area contributed by atoms with Crippen LogP contribution in [-0.2, 0) is 14.8 Å². The third-order valence-corrected chi connectivity index (χ3v) is 7.14. The lowest BCUT2D eigenvalue weighted by Gasteiger charge is -2.21. The fraction of sp³-hybridized carbons (Fsp3) is 0.261. The monoisotopic (exact) mass is 425 g/mol. The van der Waals surface area contributed by atoms with Gasteiger partial charge in [-0.05, 0) is 61.0 Å². The molecule has 0 atom stereocenters. The summed E-state index contributed by atoms with van der Waals surface area (Å²) in [6.07, 6.45) is 0. The number of amides is 1. The number of hydrogen-bond donors (Lipinski definition) is 1. The molecule has 3 aromatic rings. The Kier molecular flexibility index (Phi) is 6.43. The molecule has 0 heterocycles. The highest BCUT2D eigenvalue weighted by Gasteiger charge is 2.22. The second kappa shape index (κ2) is 8.85. The first-order valence-corrected chi connectivity index (χ1v) is 11.2. The quantitative estimate of drug-likeness (QED) is 0.622. The molecule has 0 spiro atoms. The third kappa shape index (κ3) is 4.80. The Bertz CT molecular complexity index is 1140. The number of anilines is 2. The number of benzene rings is 3. The molecular weight excluding hydrogens is 398 g/mol. The Labute approximate surface area is 178 Å². The molecule has 0 bridgehead atoms. The van der Waals surface area contributed by atoms with Gasteiger partial charge in [0.15, 0.2) is 0 Å². The van der Waals surface area contributed by atoms with Gasteiger partial charge in [0.05, 0.1) is 11.4 Å². The summed E-state index contributed by atoms with van der Waals surface area (Å²) in [7, 11) is -0.128. The highest BCUT2D eigenvalue weighted by molar-refractivity contribution is 7.89. The van der Waals surface area contributed by atoms with Gasteiger partial charge in [-0.1, -0.05) is 30.3 Å². The molecule has 0 saturated carbocycles. The van der Waals surface area contributed by atoms with Gasteiger partial charge >= 0.3 is 0 Å². The molecule has 6 nitrogen and oxygen atoms in total. The van der Waals surface area contributed by atoms with E-state index in [1.165, 1.54) is 16.4 Å². The molecule has 158 valence electrons. The summed E-state index contributed by atoms with van der Waals surface area (Å²) in [6, 6.07) is 20.2. The van der Waals surface area contributed by atoms with Crippen molar-refractivity contribution in [1.29, 1.82) is 0 Å². The highest BCUT2D eigenvalue weighted by Crippen LogP contribution is 2.22. The smallest absolute Gasteiger partial charge is 0.243 e. The zero-order chi connectivity index (χ0) is 21.9. The average Bonchev–Trinajstić information content (AvgIpc) is 2.73. The van der Waals surface area contributed by atoms with E-state index in [2.05, 4.69) is 11.4 Å². The SMILES string of the molecule is CC(C)N(C)S(=O)(=O)c1ccc(NC(=O)CN(C)c2ccc3ccccc3c2)cc1. The van der Waals surface area contributed by atoms with Crippen LogP contribution in [0.2, 0.25) is 0 Å². The van der Waals surface area contributed by atoms with Gasteiger partial charge in [0.2, 0.25) is 15.9 Å². The molecule has 1 amide bonds. The lowest BCUT2D eigenvalue weighted by molar-refractivity contribution is -0.114. The van der Waals surface area contributed by atoms with Gasteiger partial charge < -0.3 is 10.2 Å². The van der Waals surface area contributed by atoms with Crippen LogP contribution in [0.4, 0.5) is 11.4 Å². The number of rotatable bonds is 7. The Morgan fingerprint density at radius 1 is 0.933 bits per heavy atom. The van der Waals surface area contributed by atoms with Crippen molar-refractivity contribution in [2.75, 3.05) is 30.9 Å². The molecular formula is C23H27N3O3S. The summed E-state index contributed by atoms with van der Waals surface area (Å²) in [4.78, 5) is 14.5. The Hall–Kier alpha value is -2.90. The molecule has 0 aliphatic heterocycles. The first-order valence-electron chi connectivity index (χ1n) is 9.76. The number of fused-ring (bicyclic) bond motifs is 1. The minimum atomic E-state index is -3.54. The molecule has 0 saturated heterocycles. The first-order chi connectivity index (χ1) is 14.2. The lowest BCUT2D eigenvalue weighted by atomic mass is 10.1. The van der Waals surface area contributed by atoms with Crippen molar-refractivity contribution in [2.24, 2.45) is 0 Å². The maximum absolute atomic E-state index is 12.5. The van der Waals surface area contributed by atoms with Crippen molar-refractivity contribution < 1.29 is 13.2 Å². The number of carbonyl (C=O) groups excluding carboxylic acids is 1. The zero-order valence-corrected chi connectivity index (χ0v) is 18.5. The minimum Gasteiger partial charge on any atom is -0.365 e. The van der Waals surface area contributed by atoms with Gasteiger partial charge in [0.25, 0.3) is 0 Å². The number of nitrogens with one attached hydrogen (secondary N) is 1. The molecule has 7 heteroatoms. The first kappa shape index (κ1) is 21.8. The Morgan fingerprint density at radius 2 is 1.57 bits per heavy atom. The van der Waals surface area contributed by atoms with Crippen molar-refractivity contribution >= 4 is 38.1 Å². The Morgan fingerprint density at radius 3 is 2.20 bits per heavy atom. The summed E-state index contributed by atoms with van der Waals surface area (Å²) in [5.41, 5.74) is 1.50. The predicted octanol–water partition coefficient (Wildman–Crippen LogP) is 3.94. The van der Waals surface area contributed by atoms with Crippen LogP contribution in [0.1, 0.15) is 13.8 Å². The van der Waals surface area contributed by atoms with Gasteiger partial charge in [0.1, 0.15) is 0 Å². The van der Waals surface area contributed by atoms with Crippen molar-refractivity contribution in [3.8, 4) is 0 Å². The average molecular weight is 426 g/mol. The maximum atomic E-state index is 12.5. The predicted molar refractivity (Wildman–Crippen MR) is 122 cm³/mol. The molecule has 0 aliphatic rings. The van der Waals surface area contributed by atoms with E-state index in [1.807, 2.05) is 62.2 Å². The number of carbonyl (C=O) groups is 1. The van der Waals surface area contributed by atoms with Crippen molar-refractivity contribution in [3.63, 3.8) is 0 Å². The zero-order valence-electron chi connectivity index (χ0n) is 17.7. The fourth-order valence-electron chi connectivity index (χ4n) is 3.08. The lowest BCUT2D eigenvalue weighted by Crippen LogP contribution is -2.33. The van der Waals surface area contributed by atoms with E-state index < -0.39 is 10.0 Å². The topological polar surface area (TPSA) is 69.7 Å². The standard InChI is InChI=1S/C23H27N3O3S/c1-17(2)26(4)30(28,29)22-13-10-20(11-14-22)24-23(27)16-25(3)21-12-9-18-7-5-6-8-19(18)15-21/h5-15,17H,16H2,1-4H3,(H,24,27). The van der Waals surface area contributed by atoms with Crippen LogP contribution in [0.25, 0.3) is 10.8 Å². The van der Waals surface area contributed by atoms with E-state index in [9.17, 15) is 13.2 Å². The van der Waals surface area contributed by atoms with E-state index in [-0.39, 0.29) is 23.4 Å². The normalized spacial score (nSPS) is 11.8. The van der Waals surface area contributed by atoms with Gasteiger partial charge in [0, 0.05) is 31.5 Å². The van der Waals surface area contributed by atoms with Crippen molar-refractivity contribution in [2.45, 2.75) is 24.8 Å². The molecule has 0 aliphatic carbocycles. The number of likely N-dealkylation sites (N-methyl/N-ethyl adjacent to an activating group) is 1. The molecule has 0 unspecified atom stereocenters. The van der Waals surface area contributed by atoms with Gasteiger partial charge in [-0.3, -0.25) is 4.79 Å². The second-order valence-corrected chi connectivity index (χ2v) is 9.57. The molecule has 0 radical (unpaired) electrons. The van der Waals surface area contributed by atoms with Crippen LogP contribution in [0.5, 0.6) is 0 Å². The summed E-state index contributed by atoms with van der Waals surface area (Å²) in [6.45, 7) is 3.81. The molecule has 0 fully saturated rings. The van der Waals surface area contributed by atoms with Crippen molar-refractivity contribution in [1.82, 2.24) is 4.31 Å². The fourth-order valence-corrected chi connectivity index (χ4v) is 4.44. The second-order valence-electron chi connectivity index (χ2n) is 7.58.